The standard InChI is InChI=1S/C11H13FNO/c12-11-3-1-10(2-4-11)9-13-5-7-14-8-6-13/h1-3H,5-9H2. The predicted molar refractivity (Wildman–Crippen MR) is 51.3 cm³/mol. The Labute approximate surface area is 83.3 Å². The van der Waals surface area contributed by atoms with Crippen molar-refractivity contribution in [3.63, 3.8) is 0 Å². The van der Waals surface area contributed by atoms with E-state index in [0.717, 1.165) is 38.4 Å². The Morgan fingerprint density at radius 1 is 1.36 bits per heavy atom. The van der Waals surface area contributed by atoms with Crippen LogP contribution in [0.5, 0.6) is 0 Å². The van der Waals surface area contributed by atoms with Gasteiger partial charge in [0.2, 0.25) is 0 Å². The van der Waals surface area contributed by atoms with Crippen molar-refractivity contribution in [2.45, 2.75) is 6.54 Å². The molecule has 75 valence electrons. The molecule has 1 radical (unpaired) electrons. The van der Waals surface area contributed by atoms with Crippen molar-refractivity contribution in [1.29, 1.82) is 0 Å². The van der Waals surface area contributed by atoms with Gasteiger partial charge in [0.1, 0.15) is 5.82 Å². The third kappa shape index (κ3) is 2.53. The van der Waals surface area contributed by atoms with Crippen LogP contribution in [-0.2, 0) is 11.3 Å². The summed E-state index contributed by atoms with van der Waals surface area (Å²) in [5, 5.41) is 0. The van der Waals surface area contributed by atoms with Crippen LogP contribution in [0.25, 0.3) is 0 Å². The minimum absolute atomic E-state index is 0.296. The van der Waals surface area contributed by atoms with Gasteiger partial charge in [0.15, 0.2) is 0 Å². The zero-order chi connectivity index (χ0) is 9.80. The van der Waals surface area contributed by atoms with Crippen molar-refractivity contribution < 1.29 is 9.13 Å². The molecule has 1 aromatic rings. The van der Waals surface area contributed by atoms with E-state index in [2.05, 4.69) is 11.0 Å². The van der Waals surface area contributed by atoms with Crippen LogP contribution in [0.1, 0.15) is 5.56 Å². The average molecular weight is 194 g/mol. The van der Waals surface area contributed by atoms with Crippen molar-refractivity contribution in [2.24, 2.45) is 0 Å². The Hall–Kier alpha value is -0.930. The van der Waals surface area contributed by atoms with E-state index >= 15 is 0 Å². The quantitative estimate of drug-likeness (QED) is 0.706. The normalized spacial score (nSPS) is 18.4. The highest BCUT2D eigenvalue weighted by Crippen LogP contribution is 2.07. The molecular formula is C11H13FNO. The van der Waals surface area contributed by atoms with Gasteiger partial charge in [-0.25, -0.2) is 4.39 Å². The van der Waals surface area contributed by atoms with Crippen molar-refractivity contribution in [3.05, 3.63) is 35.6 Å². The lowest BCUT2D eigenvalue weighted by Gasteiger charge is -2.26. The van der Waals surface area contributed by atoms with E-state index < -0.39 is 0 Å². The molecule has 1 aromatic carbocycles. The first-order valence-corrected chi connectivity index (χ1v) is 4.81. The SMILES string of the molecule is Fc1[c]cc(CN2CCOCC2)cc1. The van der Waals surface area contributed by atoms with Crippen LogP contribution in [0.3, 0.4) is 0 Å². The molecule has 2 rings (SSSR count). The first kappa shape index (κ1) is 9.62. The summed E-state index contributed by atoms with van der Waals surface area (Å²) in [6, 6.07) is 7.54. The van der Waals surface area contributed by atoms with Gasteiger partial charge in [0, 0.05) is 25.7 Å². The first-order valence-electron chi connectivity index (χ1n) is 4.81. The van der Waals surface area contributed by atoms with E-state index in [1.807, 2.05) is 0 Å². The maximum atomic E-state index is 12.6. The fourth-order valence-corrected chi connectivity index (χ4v) is 1.55. The van der Waals surface area contributed by atoms with Crippen molar-refractivity contribution in [1.82, 2.24) is 4.90 Å². The third-order valence-electron chi connectivity index (χ3n) is 2.35. The Morgan fingerprint density at radius 2 is 2.14 bits per heavy atom. The van der Waals surface area contributed by atoms with Crippen molar-refractivity contribution in [3.8, 4) is 0 Å². The Bertz CT molecular complexity index is 280. The van der Waals surface area contributed by atoms with Crippen molar-refractivity contribution >= 4 is 0 Å². The van der Waals surface area contributed by atoms with Gasteiger partial charge in [-0.05, 0) is 17.7 Å². The fourth-order valence-electron chi connectivity index (χ4n) is 1.55. The molecule has 0 amide bonds. The van der Waals surface area contributed by atoms with Crippen LogP contribution < -0.4 is 0 Å². The maximum absolute atomic E-state index is 12.6. The number of halogens is 1. The second kappa shape index (κ2) is 4.53. The summed E-state index contributed by atoms with van der Waals surface area (Å²) in [6.45, 7) is 4.37. The molecule has 0 N–H and O–H groups in total. The molecule has 1 aliphatic heterocycles. The highest BCUT2D eigenvalue weighted by Gasteiger charge is 2.10. The monoisotopic (exact) mass is 194 g/mol. The molecule has 1 fully saturated rings. The molecule has 0 unspecified atom stereocenters. The number of rotatable bonds is 2. The molecule has 0 saturated carbocycles. The van der Waals surface area contributed by atoms with Gasteiger partial charge < -0.3 is 4.74 Å². The zero-order valence-corrected chi connectivity index (χ0v) is 8.00. The lowest BCUT2D eigenvalue weighted by Crippen LogP contribution is -2.35. The van der Waals surface area contributed by atoms with E-state index in [9.17, 15) is 4.39 Å². The summed E-state index contributed by atoms with van der Waals surface area (Å²) in [5.74, 6) is -0.296. The number of hydrogen-bond donors (Lipinski definition) is 0. The summed E-state index contributed by atoms with van der Waals surface area (Å²) in [7, 11) is 0. The molecule has 1 saturated heterocycles. The summed E-state index contributed by atoms with van der Waals surface area (Å²) >= 11 is 0. The average Bonchev–Trinajstić information content (AvgIpc) is 2.23. The summed E-state index contributed by atoms with van der Waals surface area (Å²) in [4.78, 5) is 2.30. The molecule has 1 heterocycles. The molecule has 0 aromatic heterocycles. The number of morpholine rings is 1. The van der Waals surface area contributed by atoms with E-state index in [0.29, 0.717) is 0 Å². The maximum Gasteiger partial charge on any atom is 0.131 e. The molecule has 14 heavy (non-hydrogen) atoms. The predicted octanol–water partition coefficient (Wildman–Crippen LogP) is 1.46. The summed E-state index contributed by atoms with van der Waals surface area (Å²) < 4.78 is 17.8. The highest BCUT2D eigenvalue weighted by molar-refractivity contribution is 5.14. The Morgan fingerprint density at radius 3 is 2.79 bits per heavy atom. The first-order chi connectivity index (χ1) is 6.84. The van der Waals surface area contributed by atoms with Gasteiger partial charge in [0.05, 0.1) is 13.2 Å². The van der Waals surface area contributed by atoms with Gasteiger partial charge in [-0.2, -0.15) is 0 Å². The van der Waals surface area contributed by atoms with E-state index in [1.165, 1.54) is 6.07 Å². The molecule has 0 atom stereocenters. The van der Waals surface area contributed by atoms with E-state index in [-0.39, 0.29) is 5.82 Å². The van der Waals surface area contributed by atoms with Gasteiger partial charge in [0.25, 0.3) is 0 Å². The second-order valence-corrected chi connectivity index (χ2v) is 3.43. The molecule has 0 aliphatic carbocycles. The van der Waals surface area contributed by atoms with Gasteiger partial charge in [-0.3, -0.25) is 4.90 Å². The van der Waals surface area contributed by atoms with Crippen LogP contribution >= 0.6 is 0 Å². The number of benzene rings is 1. The lowest BCUT2D eigenvalue weighted by atomic mass is 10.2. The molecular weight excluding hydrogens is 181 g/mol. The van der Waals surface area contributed by atoms with Crippen LogP contribution in [0.4, 0.5) is 4.39 Å². The molecule has 1 aliphatic rings. The summed E-state index contributed by atoms with van der Waals surface area (Å²) in [6.07, 6.45) is 0. The third-order valence-corrected chi connectivity index (χ3v) is 2.35. The van der Waals surface area contributed by atoms with E-state index in [1.54, 1.807) is 12.1 Å². The van der Waals surface area contributed by atoms with Crippen molar-refractivity contribution in [2.75, 3.05) is 26.3 Å². The topological polar surface area (TPSA) is 12.5 Å². The summed E-state index contributed by atoms with van der Waals surface area (Å²) in [5.41, 5.74) is 1.10. The minimum Gasteiger partial charge on any atom is -0.379 e. The van der Waals surface area contributed by atoms with Gasteiger partial charge in [-0.15, -0.1) is 0 Å². The van der Waals surface area contributed by atoms with E-state index in [4.69, 9.17) is 4.74 Å². The Kier molecular flexibility index (Phi) is 3.11. The molecule has 3 heteroatoms. The van der Waals surface area contributed by atoms with Gasteiger partial charge >= 0.3 is 0 Å². The second-order valence-electron chi connectivity index (χ2n) is 3.43. The fraction of sp³-hybridized carbons (Fsp3) is 0.455. The Balaban J connectivity index is 1.92. The lowest BCUT2D eigenvalue weighted by molar-refractivity contribution is 0.0342. The number of hydrogen-bond acceptors (Lipinski definition) is 2. The minimum atomic E-state index is -0.296. The smallest absolute Gasteiger partial charge is 0.131 e. The number of ether oxygens (including phenoxy) is 1. The van der Waals surface area contributed by atoms with Crippen LogP contribution in [0.15, 0.2) is 18.2 Å². The van der Waals surface area contributed by atoms with Crippen LogP contribution in [0, 0.1) is 11.9 Å². The highest BCUT2D eigenvalue weighted by atomic mass is 19.1. The molecule has 2 nitrogen and oxygen atoms in total. The largest absolute Gasteiger partial charge is 0.379 e. The van der Waals surface area contributed by atoms with Crippen LogP contribution in [-0.4, -0.2) is 31.2 Å². The molecule has 0 spiro atoms. The van der Waals surface area contributed by atoms with Crippen LogP contribution in [0.2, 0.25) is 0 Å². The van der Waals surface area contributed by atoms with Gasteiger partial charge in [-0.1, -0.05) is 6.07 Å². The zero-order valence-electron chi connectivity index (χ0n) is 8.00. The number of nitrogens with zero attached hydrogens (tertiary/aromatic N) is 1. The molecule has 0 bridgehead atoms.